The summed E-state index contributed by atoms with van der Waals surface area (Å²) in [5.41, 5.74) is 1.03. The summed E-state index contributed by atoms with van der Waals surface area (Å²) in [6, 6.07) is 9.03. The summed E-state index contributed by atoms with van der Waals surface area (Å²) < 4.78 is 27.2. The highest BCUT2D eigenvalue weighted by molar-refractivity contribution is 7.92. The molecule has 0 aromatic heterocycles. The van der Waals surface area contributed by atoms with Crippen molar-refractivity contribution in [2.75, 3.05) is 4.72 Å². The molecule has 0 atom stereocenters. The summed E-state index contributed by atoms with van der Waals surface area (Å²) in [4.78, 5) is 10.1. The molecule has 0 amide bonds. The second-order valence-electron chi connectivity index (χ2n) is 4.73. The van der Waals surface area contributed by atoms with Crippen molar-refractivity contribution < 1.29 is 13.3 Å². The van der Waals surface area contributed by atoms with Crippen molar-refractivity contribution in [3.05, 3.63) is 62.7 Å². The molecule has 22 heavy (non-hydrogen) atoms. The van der Waals surface area contributed by atoms with Gasteiger partial charge in [0.05, 0.1) is 20.5 Å². The zero-order chi connectivity index (χ0) is 16.5. The summed E-state index contributed by atoms with van der Waals surface area (Å²) in [5.74, 6) is 0. The van der Waals surface area contributed by atoms with E-state index in [0.717, 1.165) is 11.6 Å². The normalized spacial score (nSPS) is 11.2. The molecule has 0 saturated heterocycles. The van der Waals surface area contributed by atoms with E-state index in [1.165, 1.54) is 13.0 Å². The van der Waals surface area contributed by atoms with Crippen LogP contribution in [0, 0.1) is 24.0 Å². The van der Waals surface area contributed by atoms with Gasteiger partial charge in [0, 0.05) is 11.6 Å². The Hall–Kier alpha value is -2.12. The van der Waals surface area contributed by atoms with Gasteiger partial charge in [-0.25, -0.2) is 8.42 Å². The molecule has 0 bridgehead atoms. The van der Waals surface area contributed by atoms with Crippen LogP contribution in [-0.4, -0.2) is 13.3 Å². The average molecular weight is 341 g/mol. The smallest absolute Gasteiger partial charge is 0.275 e. The molecular weight excluding hydrogens is 328 g/mol. The number of benzene rings is 2. The molecular formula is C14H13ClN2O4S. The molecule has 0 radical (unpaired) electrons. The number of para-hydroxylation sites is 1. The Kier molecular flexibility index (Phi) is 4.39. The van der Waals surface area contributed by atoms with Crippen molar-refractivity contribution in [3.63, 3.8) is 0 Å². The number of hydrogen-bond donors (Lipinski definition) is 1. The first-order valence-electron chi connectivity index (χ1n) is 6.25. The summed E-state index contributed by atoms with van der Waals surface area (Å²) in [6.45, 7) is 3.22. The molecule has 0 aliphatic carbocycles. The number of anilines is 1. The van der Waals surface area contributed by atoms with Gasteiger partial charge in [-0.05, 0) is 31.5 Å². The zero-order valence-electron chi connectivity index (χ0n) is 11.8. The minimum atomic E-state index is -3.97. The predicted molar refractivity (Wildman–Crippen MR) is 84.8 cm³/mol. The molecule has 8 heteroatoms. The van der Waals surface area contributed by atoms with Crippen LogP contribution >= 0.6 is 11.6 Å². The Bertz CT molecular complexity index is 850. The SMILES string of the molecule is Cc1ccccc1NS(=O)(=O)c1cc(Cl)c(C)c([N+](=O)[O-])c1. The second-order valence-corrected chi connectivity index (χ2v) is 6.82. The first-order valence-corrected chi connectivity index (χ1v) is 8.11. The zero-order valence-corrected chi connectivity index (χ0v) is 13.4. The van der Waals surface area contributed by atoms with Crippen LogP contribution < -0.4 is 4.72 Å². The number of nitrogens with one attached hydrogen (secondary N) is 1. The maximum absolute atomic E-state index is 12.4. The first kappa shape index (κ1) is 16.3. The lowest BCUT2D eigenvalue weighted by Gasteiger charge is -2.11. The fourth-order valence-corrected chi connectivity index (χ4v) is 3.33. The van der Waals surface area contributed by atoms with Crippen molar-refractivity contribution in [2.45, 2.75) is 18.7 Å². The van der Waals surface area contributed by atoms with Gasteiger partial charge in [0.2, 0.25) is 0 Å². The fourth-order valence-electron chi connectivity index (χ4n) is 1.88. The summed E-state index contributed by atoms with van der Waals surface area (Å²) in [5, 5.41) is 11.0. The van der Waals surface area contributed by atoms with Crippen molar-refractivity contribution >= 4 is 33.0 Å². The van der Waals surface area contributed by atoms with Crippen LogP contribution in [0.2, 0.25) is 5.02 Å². The Labute approximate surface area is 132 Å². The van der Waals surface area contributed by atoms with E-state index in [4.69, 9.17) is 11.6 Å². The Balaban J connectivity index is 2.51. The minimum absolute atomic E-state index is 0.0272. The molecule has 0 spiro atoms. The lowest BCUT2D eigenvalue weighted by atomic mass is 10.2. The lowest BCUT2D eigenvalue weighted by molar-refractivity contribution is -0.385. The summed E-state index contributed by atoms with van der Waals surface area (Å²) in [6.07, 6.45) is 0. The van der Waals surface area contributed by atoms with E-state index >= 15 is 0 Å². The van der Waals surface area contributed by atoms with Gasteiger partial charge >= 0.3 is 0 Å². The van der Waals surface area contributed by atoms with Crippen LogP contribution in [0.4, 0.5) is 11.4 Å². The molecule has 0 fully saturated rings. The van der Waals surface area contributed by atoms with E-state index in [9.17, 15) is 18.5 Å². The molecule has 2 rings (SSSR count). The number of hydrogen-bond acceptors (Lipinski definition) is 4. The average Bonchev–Trinajstić information content (AvgIpc) is 2.43. The highest BCUT2D eigenvalue weighted by Gasteiger charge is 2.22. The summed E-state index contributed by atoms with van der Waals surface area (Å²) >= 11 is 5.91. The van der Waals surface area contributed by atoms with Gasteiger partial charge in [0.25, 0.3) is 15.7 Å². The highest BCUT2D eigenvalue weighted by atomic mass is 35.5. The maximum Gasteiger partial charge on any atom is 0.275 e. The van der Waals surface area contributed by atoms with Crippen molar-refractivity contribution in [2.24, 2.45) is 0 Å². The van der Waals surface area contributed by atoms with Crippen molar-refractivity contribution in [3.8, 4) is 0 Å². The Morgan fingerprint density at radius 2 is 1.82 bits per heavy atom. The largest absolute Gasteiger partial charge is 0.279 e. The molecule has 0 aliphatic heterocycles. The van der Waals surface area contributed by atoms with E-state index in [0.29, 0.717) is 5.69 Å². The van der Waals surface area contributed by atoms with Crippen LogP contribution in [0.1, 0.15) is 11.1 Å². The molecule has 1 N–H and O–H groups in total. The van der Waals surface area contributed by atoms with Gasteiger partial charge in [-0.2, -0.15) is 0 Å². The molecule has 0 unspecified atom stereocenters. The number of rotatable bonds is 4. The fraction of sp³-hybridized carbons (Fsp3) is 0.143. The molecule has 0 heterocycles. The topological polar surface area (TPSA) is 89.3 Å². The quantitative estimate of drug-likeness (QED) is 0.679. The minimum Gasteiger partial charge on any atom is -0.279 e. The molecule has 2 aromatic carbocycles. The van der Waals surface area contributed by atoms with Gasteiger partial charge in [-0.1, -0.05) is 29.8 Å². The van der Waals surface area contributed by atoms with E-state index in [1.54, 1.807) is 31.2 Å². The number of sulfonamides is 1. The van der Waals surface area contributed by atoms with E-state index < -0.39 is 14.9 Å². The Morgan fingerprint density at radius 1 is 1.18 bits per heavy atom. The van der Waals surface area contributed by atoms with Crippen LogP contribution in [-0.2, 0) is 10.0 Å². The second kappa shape index (κ2) is 5.94. The lowest BCUT2D eigenvalue weighted by Crippen LogP contribution is -2.14. The molecule has 2 aromatic rings. The maximum atomic E-state index is 12.4. The van der Waals surface area contributed by atoms with E-state index in [-0.39, 0.29) is 21.2 Å². The molecule has 0 saturated carbocycles. The van der Waals surface area contributed by atoms with Crippen molar-refractivity contribution in [1.29, 1.82) is 0 Å². The standard InChI is InChI=1S/C14H13ClN2O4S/c1-9-5-3-4-6-13(9)16-22(20,21)11-7-12(15)10(2)14(8-11)17(18)19/h3-8,16H,1-2H3. The molecule has 0 aliphatic rings. The number of halogens is 1. The van der Waals surface area contributed by atoms with Gasteiger partial charge in [0.1, 0.15) is 0 Å². The summed E-state index contributed by atoms with van der Waals surface area (Å²) in [7, 11) is -3.97. The van der Waals surface area contributed by atoms with Gasteiger partial charge in [-0.15, -0.1) is 0 Å². The Morgan fingerprint density at radius 3 is 2.41 bits per heavy atom. The molecule has 116 valence electrons. The van der Waals surface area contributed by atoms with Crippen LogP contribution in [0.25, 0.3) is 0 Å². The van der Waals surface area contributed by atoms with Crippen LogP contribution in [0.3, 0.4) is 0 Å². The predicted octanol–water partition coefficient (Wildman–Crippen LogP) is 3.67. The van der Waals surface area contributed by atoms with E-state index in [1.807, 2.05) is 0 Å². The number of nitro groups is 1. The number of nitrogens with zero attached hydrogens (tertiary/aromatic N) is 1. The highest BCUT2D eigenvalue weighted by Crippen LogP contribution is 2.30. The van der Waals surface area contributed by atoms with Crippen LogP contribution in [0.15, 0.2) is 41.3 Å². The van der Waals surface area contributed by atoms with Gasteiger partial charge in [-0.3, -0.25) is 14.8 Å². The van der Waals surface area contributed by atoms with Crippen LogP contribution in [0.5, 0.6) is 0 Å². The van der Waals surface area contributed by atoms with Gasteiger partial charge < -0.3 is 0 Å². The third-order valence-corrected chi connectivity index (χ3v) is 4.92. The number of nitro benzene ring substituents is 1. The third-order valence-electron chi connectivity index (χ3n) is 3.19. The third kappa shape index (κ3) is 3.20. The van der Waals surface area contributed by atoms with Crippen molar-refractivity contribution in [1.82, 2.24) is 0 Å². The van der Waals surface area contributed by atoms with Gasteiger partial charge in [0.15, 0.2) is 0 Å². The first-order chi connectivity index (χ1) is 10.2. The van der Waals surface area contributed by atoms with E-state index in [2.05, 4.69) is 4.72 Å². The molecule has 6 nitrogen and oxygen atoms in total. The monoisotopic (exact) mass is 340 g/mol. The number of aryl methyl sites for hydroxylation is 1.